The molecule has 0 spiro atoms. The second kappa shape index (κ2) is 8.33. The van der Waals surface area contributed by atoms with Crippen LogP contribution in [0.15, 0.2) is 12.3 Å². The summed E-state index contributed by atoms with van der Waals surface area (Å²) >= 11 is 0. The van der Waals surface area contributed by atoms with Crippen LogP contribution >= 0.6 is 0 Å². The highest BCUT2D eigenvalue weighted by molar-refractivity contribution is 5.98. The minimum absolute atomic E-state index is 0.0124. The molecule has 24 heavy (non-hydrogen) atoms. The maximum absolute atomic E-state index is 12.9. The molecule has 1 atom stereocenters. The van der Waals surface area contributed by atoms with Gasteiger partial charge in [-0.15, -0.1) is 0 Å². The number of aryl methyl sites for hydroxylation is 1. The first kappa shape index (κ1) is 18.5. The predicted molar refractivity (Wildman–Crippen MR) is 92.6 cm³/mol. The van der Waals surface area contributed by atoms with Crippen molar-refractivity contribution in [1.82, 2.24) is 15.2 Å². The summed E-state index contributed by atoms with van der Waals surface area (Å²) in [4.78, 5) is 30.1. The van der Waals surface area contributed by atoms with E-state index in [4.69, 9.17) is 0 Å². The third-order valence-corrected chi connectivity index (χ3v) is 4.69. The molecule has 1 aliphatic rings. The number of nitrogens with one attached hydrogen (secondary N) is 2. The van der Waals surface area contributed by atoms with Crippen molar-refractivity contribution in [2.75, 3.05) is 19.7 Å². The molecule has 2 rings (SSSR count). The molecule has 134 valence electrons. The van der Waals surface area contributed by atoms with Crippen molar-refractivity contribution in [3.63, 3.8) is 0 Å². The first-order valence-corrected chi connectivity index (χ1v) is 8.76. The van der Waals surface area contributed by atoms with Crippen LogP contribution in [-0.4, -0.2) is 52.5 Å². The first-order valence-electron chi connectivity index (χ1n) is 8.76. The molecule has 1 fully saturated rings. The van der Waals surface area contributed by atoms with Crippen molar-refractivity contribution in [2.24, 2.45) is 11.8 Å². The van der Waals surface area contributed by atoms with Gasteiger partial charge in [-0.3, -0.25) is 9.59 Å². The zero-order valence-corrected chi connectivity index (χ0v) is 14.8. The van der Waals surface area contributed by atoms with E-state index in [1.165, 1.54) is 0 Å². The lowest BCUT2D eigenvalue weighted by Gasteiger charge is -2.34. The summed E-state index contributed by atoms with van der Waals surface area (Å²) < 4.78 is 0. The fourth-order valence-electron chi connectivity index (χ4n) is 3.18. The summed E-state index contributed by atoms with van der Waals surface area (Å²) in [6.07, 6.45) is 3.99. The fourth-order valence-corrected chi connectivity index (χ4v) is 3.18. The second-order valence-electron chi connectivity index (χ2n) is 7.12. The summed E-state index contributed by atoms with van der Waals surface area (Å²) in [7, 11) is 0. The maximum Gasteiger partial charge on any atom is 0.253 e. The van der Waals surface area contributed by atoms with E-state index in [2.05, 4.69) is 10.3 Å². The summed E-state index contributed by atoms with van der Waals surface area (Å²) in [5.74, 6) is 0.371. The van der Waals surface area contributed by atoms with Crippen molar-refractivity contribution >= 4 is 11.8 Å². The van der Waals surface area contributed by atoms with Crippen LogP contribution in [0.5, 0.6) is 0 Å². The third kappa shape index (κ3) is 4.60. The van der Waals surface area contributed by atoms with Gasteiger partial charge in [-0.05, 0) is 44.1 Å². The number of aliphatic hydroxyl groups excluding tert-OH is 1. The van der Waals surface area contributed by atoms with Crippen LogP contribution in [0, 0.1) is 18.8 Å². The molecular formula is C18H29N3O3. The van der Waals surface area contributed by atoms with Crippen molar-refractivity contribution in [2.45, 2.75) is 46.1 Å². The Balaban J connectivity index is 2.03. The quantitative estimate of drug-likeness (QED) is 0.740. The minimum Gasteiger partial charge on any atom is -0.396 e. The highest BCUT2D eigenvalue weighted by Gasteiger charge is 2.30. The van der Waals surface area contributed by atoms with Crippen LogP contribution < -0.4 is 5.32 Å². The second-order valence-corrected chi connectivity index (χ2v) is 7.12. The Bertz CT molecular complexity index is 560. The molecule has 1 aromatic heterocycles. The van der Waals surface area contributed by atoms with Crippen LogP contribution in [0.1, 0.15) is 49.2 Å². The largest absolute Gasteiger partial charge is 0.396 e. The van der Waals surface area contributed by atoms with E-state index in [1.807, 2.05) is 25.7 Å². The number of rotatable bonds is 6. The summed E-state index contributed by atoms with van der Waals surface area (Å²) in [6.45, 7) is 7.42. The number of aromatic nitrogens is 1. The lowest BCUT2D eigenvalue weighted by Crippen LogP contribution is -2.51. The van der Waals surface area contributed by atoms with Gasteiger partial charge >= 0.3 is 0 Å². The minimum atomic E-state index is -0.502. The molecule has 0 aliphatic carbocycles. The molecule has 3 N–H and O–H groups in total. The van der Waals surface area contributed by atoms with Crippen LogP contribution in [0.2, 0.25) is 0 Å². The number of carbonyl (C=O) groups is 2. The number of aliphatic hydroxyl groups is 1. The van der Waals surface area contributed by atoms with Gasteiger partial charge in [-0.25, -0.2) is 0 Å². The standard InChI is InChI=1S/C18H29N3O3/c1-12(2)10-16(20-17(23)15-4-7-19-13(15)3)18(24)21-8-5-14(11-22)6-9-21/h4,7,12,14,16,19,22H,5-6,8-11H2,1-3H3,(H,20,23)/t16-/m1/s1. The monoisotopic (exact) mass is 335 g/mol. The van der Waals surface area contributed by atoms with Gasteiger partial charge < -0.3 is 20.3 Å². The molecule has 0 radical (unpaired) electrons. The molecular weight excluding hydrogens is 306 g/mol. The molecule has 0 saturated carbocycles. The van der Waals surface area contributed by atoms with Crippen LogP contribution in [0.25, 0.3) is 0 Å². The molecule has 1 saturated heterocycles. The molecule has 1 aromatic rings. The fraction of sp³-hybridized carbons (Fsp3) is 0.667. The number of amides is 2. The Labute approximate surface area is 143 Å². The zero-order chi connectivity index (χ0) is 17.7. The Morgan fingerprint density at radius 3 is 2.54 bits per heavy atom. The van der Waals surface area contributed by atoms with E-state index in [-0.39, 0.29) is 24.3 Å². The topological polar surface area (TPSA) is 85.4 Å². The van der Waals surface area contributed by atoms with Crippen molar-refractivity contribution in [3.8, 4) is 0 Å². The van der Waals surface area contributed by atoms with Gasteiger partial charge in [0.05, 0.1) is 5.56 Å². The van der Waals surface area contributed by atoms with E-state index >= 15 is 0 Å². The van der Waals surface area contributed by atoms with Gasteiger partial charge in [0.15, 0.2) is 0 Å². The van der Waals surface area contributed by atoms with Gasteiger partial charge in [-0.1, -0.05) is 13.8 Å². The lowest BCUT2D eigenvalue weighted by atomic mass is 9.96. The summed E-state index contributed by atoms with van der Waals surface area (Å²) in [5.41, 5.74) is 1.38. The van der Waals surface area contributed by atoms with Crippen molar-refractivity contribution in [3.05, 3.63) is 23.5 Å². The number of nitrogens with zero attached hydrogens (tertiary/aromatic N) is 1. The molecule has 2 heterocycles. The Hall–Kier alpha value is -1.82. The molecule has 0 unspecified atom stereocenters. The van der Waals surface area contributed by atoms with Crippen LogP contribution in [0.3, 0.4) is 0 Å². The van der Waals surface area contributed by atoms with Gasteiger partial charge in [0.2, 0.25) is 5.91 Å². The highest BCUT2D eigenvalue weighted by Crippen LogP contribution is 2.19. The molecule has 0 aromatic carbocycles. The predicted octanol–water partition coefficient (Wildman–Crippen LogP) is 1.70. The van der Waals surface area contributed by atoms with Gasteiger partial charge in [0, 0.05) is 31.6 Å². The Kier molecular flexibility index (Phi) is 6.43. The van der Waals surface area contributed by atoms with E-state index in [1.54, 1.807) is 12.3 Å². The number of aromatic amines is 1. The normalized spacial score (nSPS) is 17.1. The number of carbonyl (C=O) groups excluding carboxylic acids is 2. The molecule has 6 nitrogen and oxygen atoms in total. The van der Waals surface area contributed by atoms with Gasteiger partial charge in [0.1, 0.15) is 6.04 Å². The average molecular weight is 335 g/mol. The van der Waals surface area contributed by atoms with Crippen LogP contribution in [0.4, 0.5) is 0 Å². The summed E-state index contributed by atoms with van der Waals surface area (Å²) in [5, 5.41) is 12.1. The molecule has 6 heteroatoms. The smallest absolute Gasteiger partial charge is 0.253 e. The first-order chi connectivity index (χ1) is 11.4. The number of hydrogen-bond donors (Lipinski definition) is 3. The van der Waals surface area contributed by atoms with E-state index in [0.717, 1.165) is 18.5 Å². The SMILES string of the molecule is Cc1[nH]ccc1C(=O)N[C@H](CC(C)C)C(=O)N1CCC(CO)CC1. The molecule has 1 aliphatic heterocycles. The van der Waals surface area contributed by atoms with Crippen molar-refractivity contribution in [1.29, 1.82) is 0 Å². The van der Waals surface area contributed by atoms with E-state index < -0.39 is 6.04 Å². The summed E-state index contributed by atoms with van der Waals surface area (Å²) in [6, 6.07) is 1.23. The highest BCUT2D eigenvalue weighted by atomic mass is 16.3. The number of piperidine rings is 1. The maximum atomic E-state index is 12.9. The van der Waals surface area contributed by atoms with Gasteiger partial charge in [-0.2, -0.15) is 0 Å². The van der Waals surface area contributed by atoms with Gasteiger partial charge in [0.25, 0.3) is 5.91 Å². The van der Waals surface area contributed by atoms with E-state index in [0.29, 0.717) is 31.0 Å². The van der Waals surface area contributed by atoms with Crippen LogP contribution in [-0.2, 0) is 4.79 Å². The molecule has 0 bridgehead atoms. The number of likely N-dealkylation sites (tertiary alicyclic amines) is 1. The third-order valence-electron chi connectivity index (χ3n) is 4.69. The Morgan fingerprint density at radius 1 is 1.38 bits per heavy atom. The number of H-pyrrole nitrogens is 1. The Morgan fingerprint density at radius 2 is 2.04 bits per heavy atom. The van der Waals surface area contributed by atoms with E-state index in [9.17, 15) is 14.7 Å². The zero-order valence-electron chi connectivity index (χ0n) is 14.8. The lowest BCUT2D eigenvalue weighted by molar-refractivity contribution is -0.135. The number of hydrogen-bond acceptors (Lipinski definition) is 3. The molecule has 2 amide bonds. The van der Waals surface area contributed by atoms with Crippen molar-refractivity contribution < 1.29 is 14.7 Å². The average Bonchev–Trinajstić information content (AvgIpc) is 2.99.